The lowest BCUT2D eigenvalue weighted by Crippen LogP contribution is -2.32. The lowest BCUT2D eigenvalue weighted by Gasteiger charge is -2.14. The van der Waals surface area contributed by atoms with Crippen molar-refractivity contribution in [1.29, 1.82) is 0 Å². The van der Waals surface area contributed by atoms with E-state index < -0.39 is 6.10 Å². The second kappa shape index (κ2) is 5.96. The molecule has 1 aromatic rings. The molecule has 1 unspecified atom stereocenters. The van der Waals surface area contributed by atoms with Crippen LogP contribution in [0, 0.1) is 11.7 Å². The van der Waals surface area contributed by atoms with Crippen LogP contribution >= 0.6 is 0 Å². The Labute approximate surface area is 106 Å². The first kappa shape index (κ1) is 13.0. The molecule has 0 radical (unpaired) electrons. The minimum absolute atomic E-state index is 0.0219. The molecular weight excluding hydrogens is 233 g/mol. The van der Waals surface area contributed by atoms with Crippen molar-refractivity contribution in [2.45, 2.75) is 31.8 Å². The molecule has 1 saturated carbocycles. The van der Waals surface area contributed by atoms with Gasteiger partial charge in [-0.2, -0.15) is 0 Å². The van der Waals surface area contributed by atoms with Crippen LogP contribution in [0.15, 0.2) is 24.3 Å². The van der Waals surface area contributed by atoms with Gasteiger partial charge in [0.2, 0.25) is 5.91 Å². The molecule has 1 aliphatic rings. The molecule has 1 fully saturated rings. The Morgan fingerprint density at radius 3 is 2.56 bits per heavy atom. The third-order valence-electron chi connectivity index (χ3n) is 3.45. The van der Waals surface area contributed by atoms with Gasteiger partial charge in [0.15, 0.2) is 0 Å². The molecule has 1 atom stereocenters. The van der Waals surface area contributed by atoms with Crippen LogP contribution in [-0.4, -0.2) is 17.6 Å². The number of halogens is 1. The number of hydrogen-bond acceptors (Lipinski definition) is 2. The maximum atomic E-state index is 12.7. The van der Waals surface area contributed by atoms with Gasteiger partial charge in [0.25, 0.3) is 0 Å². The average Bonchev–Trinajstić information content (AvgIpc) is 2.90. The summed E-state index contributed by atoms with van der Waals surface area (Å²) in [7, 11) is 0. The lowest BCUT2D eigenvalue weighted by molar-refractivity contribution is -0.125. The molecule has 1 amide bonds. The summed E-state index contributed by atoms with van der Waals surface area (Å²) in [5, 5.41) is 12.6. The van der Waals surface area contributed by atoms with Gasteiger partial charge < -0.3 is 10.4 Å². The van der Waals surface area contributed by atoms with Crippen molar-refractivity contribution in [2.24, 2.45) is 5.92 Å². The van der Waals surface area contributed by atoms with Crippen LogP contribution in [0.2, 0.25) is 0 Å². The van der Waals surface area contributed by atoms with E-state index in [1.165, 1.54) is 24.3 Å². The van der Waals surface area contributed by atoms with E-state index in [9.17, 15) is 14.3 Å². The highest BCUT2D eigenvalue weighted by Crippen LogP contribution is 2.24. The van der Waals surface area contributed by atoms with Gasteiger partial charge in [0, 0.05) is 12.5 Å². The number of carbonyl (C=O) groups is 1. The normalized spacial score (nSPS) is 17.7. The van der Waals surface area contributed by atoms with Gasteiger partial charge in [-0.1, -0.05) is 25.0 Å². The SMILES string of the molecule is O=C(NCC(O)c1ccc(F)cc1)C1CCCC1. The predicted octanol–water partition coefficient (Wildman–Crippen LogP) is 2.17. The molecule has 0 saturated heterocycles. The Balaban J connectivity index is 1.82. The Bertz CT molecular complexity index is 399. The summed E-state index contributed by atoms with van der Waals surface area (Å²) in [5.41, 5.74) is 0.614. The first-order valence-electron chi connectivity index (χ1n) is 6.38. The van der Waals surface area contributed by atoms with Gasteiger partial charge in [0.05, 0.1) is 6.10 Å². The largest absolute Gasteiger partial charge is 0.387 e. The zero-order valence-electron chi connectivity index (χ0n) is 10.2. The van der Waals surface area contributed by atoms with Crippen molar-refractivity contribution in [1.82, 2.24) is 5.32 Å². The number of benzene rings is 1. The second-order valence-electron chi connectivity index (χ2n) is 4.79. The quantitative estimate of drug-likeness (QED) is 0.861. The molecule has 0 aliphatic heterocycles. The third kappa shape index (κ3) is 3.29. The van der Waals surface area contributed by atoms with Gasteiger partial charge in [-0.25, -0.2) is 4.39 Å². The highest BCUT2D eigenvalue weighted by Gasteiger charge is 2.22. The zero-order valence-corrected chi connectivity index (χ0v) is 10.2. The van der Waals surface area contributed by atoms with E-state index in [-0.39, 0.29) is 24.2 Å². The summed E-state index contributed by atoms with van der Waals surface area (Å²) < 4.78 is 12.7. The van der Waals surface area contributed by atoms with Crippen molar-refractivity contribution in [3.8, 4) is 0 Å². The Hall–Kier alpha value is -1.42. The minimum atomic E-state index is -0.782. The minimum Gasteiger partial charge on any atom is -0.387 e. The molecule has 1 aliphatic carbocycles. The van der Waals surface area contributed by atoms with E-state index in [4.69, 9.17) is 0 Å². The predicted molar refractivity (Wildman–Crippen MR) is 66.3 cm³/mol. The number of rotatable bonds is 4. The average molecular weight is 251 g/mol. The molecular formula is C14H18FNO2. The zero-order chi connectivity index (χ0) is 13.0. The van der Waals surface area contributed by atoms with Crippen LogP contribution in [0.3, 0.4) is 0 Å². The van der Waals surface area contributed by atoms with Crippen LogP contribution in [0.25, 0.3) is 0 Å². The Morgan fingerprint density at radius 2 is 1.94 bits per heavy atom. The van der Waals surface area contributed by atoms with Crippen LogP contribution in [0.1, 0.15) is 37.4 Å². The van der Waals surface area contributed by atoms with Gasteiger partial charge >= 0.3 is 0 Å². The van der Waals surface area contributed by atoms with Crippen LogP contribution in [0.5, 0.6) is 0 Å². The standard InChI is InChI=1S/C14H18FNO2/c15-12-7-5-10(6-8-12)13(17)9-16-14(18)11-3-1-2-4-11/h5-8,11,13,17H,1-4,9H2,(H,16,18). The molecule has 1 aromatic carbocycles. The molecule has 2 rings (SSSR count). The summed E-state index contributed by atoms with van der Waals surface area (Å²) in [6.45, 7) is 0.182. The first-order chi connectivity index (χ1) is 8.66. The lowest BCUT2D eigenvalue weighted by atomic mass is 10.1. The van der Waals surface area contributed by atoms with Crippen molar-refractivity contribution < 1.29 is 14.3 Å². The maximum Gasteiger partial charge on any atom is 0.223 e. The van der Waals surface area contributed by atoms with Crippen LogP contribution < -0.4 is 5.32 Å². The highest BCUT2D eigenvalue weighted by atomic mass is 19.1. The van der Waals surface area contributed by atoms with E-state index >= 15 is 0 Å². The van der Waals surface area contributed by atoms with E-state index in [1.54, 1.807) is 0 Å². The fourth-order valence-corrected chi connectivity index (χ4v) is 2.33. The number of aliphatic hydroxyl groups excluding tert-OH is 1. The smallest absolute Gasteiger partial charge is 0.223 e. The van der Waals surface area contributed by atoms with Gasteiger partial charge in [-0.05, 0) is 30.5 Å². The topological polar surface area (TPSA) is 49.3 Å². The molecule has 0 heterocycles. The number of aliphatic hydroxyl groups is 1. The summed E-state index contributed by atoms with van der Waals surface area (Å²) in [5.74, 6) is -0.208. The molecule has 4 heteroatoms. The van der Waals surface area contributed by atoms with Crippen molar-refractivity contribution in [3.63, 3.8) is 0 Å². The van der Waals surface area contributed by atoms with E-state index in [1.807, 2.05) is 0 Å². The second-order valence-corrected chi connectivity index (χ2v) is 4.79. The van der Waals surface area contributed by atoms with Gasteiger partial charge in [-0.15, -0.1) is 0 Å². The summed E-state index contributed by atoms with van der Waals surface area (Å²) in [4.78, 5) is 11.8. The van der Waals surface area contributed by atoms with Crippen LogP contribution in [-0.2, 0) is 4.79 Å². The van der Waals surface area contributed by atoms with Crippen molar-refractivity contribution in [2.75, 3.05) is 6.54 Å². The van der Waals surface area contributed by atoms with E-state index in [0.29, 0.717) is 5.56 Å². The molecule has 98 valence electrons. The van der Waals surface area contributed by atoms with Crippen molar-refractivity contribution in [3.05, 3.63) is 35.6 Å². The third-order valence-corrected chi connectivity index (χ3v) is 3.45. The number of carbonyl (C=O) groups excluding carboxylic acids is 1. The molecule has 0 spiro atoms. The summed E-state index contributed by atoms with van der Waals surface area (Å²) in [6.07, 6.45) is 3.32. The molecule has 18 heavy (non-hydrogen) atoms. The number of nitrogens with one attached hydrogen (secondary N) is 1. The maximum absolute atomic E-state index is 12.7. The first-order valence-corrected chi connectivity index (χ1v) is 6.38. The summed E-state index contributed by atoms with van der Waals surface area (Å²) >= 11 is 0. The van der Waals surface area contributed by atoms with E-state index in [0.717, 1.165) is 25.7 Å². The number of amides is 1. The highest BCUT2D eigenvalue weighted by molar-refractivity contribution is 5.78. The molecule has 3 nitrogen and oxygen atoms in total. The van der Waals surface area contributed by atoms with Gasteiger partial charge in [0.1, 0.15) is 5.82 Å². The Morgan fingerprint density at radius 1 is 1.33 bits per heavy atom. The Kier molecular flexibility index (Phi) is 4.31. The number of hydrogen-bond donors (Lipinski definition) is 2. The van der Waals surface area contributed by atoms with Crippen molar-refractivity contribution >= 4 is 5.91 Å². The fourth-order valence-electron chi connectivity index (χ4n) is 2.33. The molecule has 0 aromatic heterocycles. The van der Waals surface area contributed by atoms with Crippen LogP contribution in [0.4, 0.5) is 4.39 Å². The monoisotopic (exact) mass is 251 g/mol. The fraction of sp³-hybridized carbons (Fsp3) is 0.500. The van der Waals surface area contributed by atoms with E-state index in [2.05, 4.69) is 5.32 Å². The molecule has 2 N–H and O–H groups in total. The molecule has 0 bridgehead atoms. The van der Waals surface area contributed by atoms with Gasteiger partial charge in [-0.3, -0.25) is 4.79 Å². The summed E-state index contributed by atoms with van der Waals surface area (Å²) in [6, 6.07) is 5.66.